The van der Waals surface area contributed by atoms with E-state index in [1.54, 1.807) is 5.31 Å². The van der Waals surface area contributed by atoms with Crippen molar-refractivity contribution >= 4 is 32.4 Å². The highest BCUT2D eigenvalue weighted by molar-refractivity contribution is 7.42. The molecule has 0 radical (unpaired) electrons. The van der Waals surface area contributed by atoms with Gasteiger partial charge in [0.1, 0.15) is 0 Å². The van der Waals surface area contributed by atoms with Crippen molar-refractivity contribution in [3.63, 3.8) is 0 Å². The highest BCUT2D eigenvalue weighted by Crippen LogP contribution is 2.41. The van der Waals surface area contributed by atoms with Crippen molar-refractivity contribution in [3.05, 3.63) is 79.8 Å². The van der Waals surface area contributed by atoms with Gasteiger partial charge in [0, 0.05) is 0 Å². The smallest absolute Gasteiger partial charge is 0.00571 e. The Morgan fingerprint density at radius 2 is 1.89 bits per heavy atom. The van der Waals surface area contributed by atoms with Crippen LogP contribution in [0, 0.1) is 17.3 Å². The van der Waals surface area contributed by atoms with E-state index in [0.717, 1.165) is 27.1 Å². The van der Waals surface area contributed by atoms with E-state index in [9.17, 15) is 0 Å². The lowest BCUT2D eigenvalue weighted by molar-refractivity contribution is 0.437. The van der Waals surface area contributed by atoms with E-state index in [2.05, 4.69) is 102 Å². The molecule has 0 saturated heterocycles. The Labute approximate surface area is 215 Å². The third-order valence-electron chi connectivity index (χ3n) is 7.74. The van der Waals surface area contributed by atoms with Crippen LogP contribution in [0.15, 0.2) is 47.8 Å². The molecule has 0 aromatic heterocycles. The zero-order valence-electron chi connectivity index (χ0n) is 22.9. The molecule has 2 aliphatic carbocycles. The van der Waals surface area contributed by atoms with Crippen molar-refractivity contribution in [2.24, 2.45) is 17.3 Å². The minimum Gasteiger partial charge on any atom is -0.0907 e. The molecule has 1 heteroatoms. The number of allylic oxidation sites excluding steroid dienone is 2. The molecule has 0 nitrogen and oxygen atoms in total. The van der Waals surface area contributed by atoms with Crippen LogP contribution in [-0.4, -0.2) is 0 Å². The second kappa shape index (κ2) is 11.4. The molecule has 2 aromatic carbocycles. The number of hydrogen-bond donors (Lipinski definition) is 0. The van der Waals surface area contributed by atoms with Crippen LogP contribution >= 0.6 is 8.58 Å². The topological polar surface area (TPSA) is 0 Å². The van der Waals surface area contributed by atoms with Gasteiger partial charge in [-0.15, -0.1) is 0 Å². The average Bonchev–Trinajstić information content (AvgIpc) is 2.83. The van der Waals surface area contributed by atoms with Crippen molar-refractivity contribution < 1.29 is 0 Å². The number of rotatable bonds is 6. The van der Waals surface area contributed by atoms with E-state index in [1.165, 1.54) is 69.7 Å². The lowest BCUT2D eigenvalue weighted by Gasteiger charge is -2.28. The van der Waals surface area contributed by atoms with Gasteiger partial charge in [-0.3, -0.25) is 0 Å². The molecule has 0 spiro atoms. The highest BCUT2D eigenvalue weighted by Gasteiger charge is 2.25. The summed E-state index contributed by atoms with van der Waals surface area (Å²) in [6.45, 7) is 14.1. The molecular formula is C34H45P. The fourth-order valence-electron chi connectivity index (χ4n) is 6.03. The molecule has 0 bridgehead atoms. The van der Waals surface area contributed by atoms with Gasteiger partial charge in [0.25, 0.3) is 0 Å². The van der Waals surface area contributed by atoms with Crippen LogP contribution in [0.5, 0.6) is 0 Å². The molecule has 0 N–H and O–H groups in total. The van der Waals surface area contributed by atoms with Gasteiger partial charge in [0.05, 0.1) is 0 Å². The molecule has 2 aliphatic rings. The number of benzene rings is 2. The first-order chi connectivity index (χ1) is 16.8. The summed E-state index contributed by atoms with van der Waals surface area (Å²) in [5, 5.41) is 7.36. The normalized spacial score (nSPS) is 21.9. The average molecular weight is 485 g/mol. The number of fused-ring (bicyclic) bond motifs is 1. The molecular weight excluding hydrogens is 439 g/mol. The van der Waals surface area contributed by atoms with E-state index in [4.69, 9.17) is 0 Å². The molecule has 35 heavy (non-hydrogen) atoms. The summed E-state index contributed by atoms with van der Waals surface area (Å²) >= 11 is 0. The fourth-order valence-corrected chi connectivity index (χ4v) is 7.47. The van der Waals surface area contributed by atoms with Crippen LogP contribution in [-0.2, 0) is 6.16 Å². The molecule has 0 saturated carbocycles. The van der Waals surface area contributed by atoms with Crippen molar-refractivity contribution in [3.8, 4) is 0 Å². The fraction of sp³-hybridized carbons (Fsp3) is 0.471. The molecule has 2 aromatic rings. The molecule has 0 fully saturated rings. The standard InChI is InChI=1S/C34H45P/c1-7-12-25-13-11-15-29(22-25)35-23-28-20-19-27-18-17-24(3)21-31(27)32(28)33(34(4,5)6)30-16-10-9-14-26(30)8-2/h8-10,14-16,18-21,24-25,35H,7,11-13,17,22-23H2,1-6H3/b26-8-,33-30-/t24-,25?/m1/s1. The van der Waals surface area contributed by atoms with Gasteiger partial charge in [0.2, 0.25) is 0 Å². The molecule has 3 atom stereocenters. The maximum Gasteiger partial charge on any atom is -0.00571 e. The minimum absolute atomic E-state index is 0.0386. The van der Waals surface area contributed by atoms with Gasteiger partial charge >= 0.3 is 0 Å². The Morgan fingerprint density at radius 3 is 2.63 bits per heavy atom. The molecule has 186 valence electrons. The summed E-state index contributed by atoms with van der Waals surface area (Å²) in [6.07, 6.45) is 18.9. The summed E-state index contributed by atoms with van der Waals surface area (Å²) in [4.78, 5) is 0. The van der Waals surface area contributed by atoms with Crippen LogP contribution in [0.1, 0.15) is 91.2 Å². The van der Waals surface area contributed by atoms with Gasteiger partial charge in [-0.1, -0.05) is 122 Å². The van der Waals surface area contributed by atoms with Crippen molar-refractivity contribution in [1.82, 2.24) is 0 Å². The molecule has 2 unspecified atom stereocenters. The predicted molar refractivity (Wildman–Crippen MR) is 159 cm³/mol. The van der Waals surface area contributed by atoms with Crippen LogP contribution < -0.4 is 20.9 Å². The van der Waals surface area contributed by atoms with Gasteiger partial charge in [-0.05, 0) is 93.6 Å². The number of hydrogen-bond acceptors (Lipinski definition) is 0. The largest absolute Gasteiger partial charge is 0.0907 e. The van der Waals surface area contributed by atoms with Crippen LogP contribution in [0.25, 0.3) is 23.8 Å². The second-order valence-electron chi connectivity index (χ2n) is 11.7. The maximum absolute atomic E-state index is 2.57. The van der Waals surface area contributed by atoms with Crippen molar-refractivity contribution in [2.45, 2.75) is 86.2 Å². The summed E-state index contributed by atoms with van der Waals surface area (Å²) in [7, 11) is 0.900. The summed E-state index contributed by atoms with van der Waals surface area (Å²) in [5.74, 6) is 1.49. The Hall–Kier alpha value is -1.91. The first-order valence-electron chi connectivity index (χ1n) is 13.8. The predicted octanol–water partition coefficient (Wildman–Crippen LogP) is 7.00. The maximum atomic E-state index is 2.57. The molecule has 0 heterocycles. The zero-order chi connectivity index (χ0) is 25.0. The molecule has 0 amide bonds. The van der Waals surface area contributed by atoms with E-state index < -0.39 is 0 Å². The molecule has 4 rings (SSSR count). The van der Waals surface area contributed by atoms with E-state index in [-0.39, 0.29) is 5.41 Å². The third kappa shape index (κ3) is 6.09. The first kappa shape index (κ1) is 26.2. The Balaban J connectivity index is 1.91. The zero-order valence-corrected chi connectivity index (χ0v) is 23.9. The monoisotopic (exact) mass is 484 g/mol. The van der Waals surface area contributed by atoms with Crippen LogP contribution in [0.4, 0.5) is 0 Å². The SMILES string of the molecule is C/C=c1/cccc/c1=C(\c1c(CPC2=CCCC(CCC)C2)ccc2c1=C[C@H](C)CC=2)C(C)(C)C. The van der Waals surface area contributed by atoms with E-state index in [1.807, 2.05) is 0 Å². The van der Waals surface area contributed by atoms with Crippen LogP contribution in [0.2, 0.25) is 0 Å². The molecule has 0 aliphatic heterocycles. The van der Waals surface area contributed by atoms with Gasteiger partial charge in [0.15, 0.2) is 0 Å². The minimum atomic E-state index is 0.0386. The van der Waals surface area contributed by atoms with Gasteiger partial charge in [-0.25, -0.2) is 0 Å². The van der Waals surface area contributed by atoms with Crippen molar-refractivity contribution in [1.29, 1.82) is 0 Å². The van der Waals surface area contributed by atoms with E-state index in [0.29, 0.717) is 5.92 Å². The van der Waals surface area contributed by atoms with Gasteiger partial charge < -0.3 is 0 Å². The Kier molecular flexibility index (Phi) is 8.54. The summed E-state index contributed by atoms with van der Waals surface area (Å²) in [5.41, 5.74) is 4.59. The Morgan fingerprint density at radius 1 is 1.09 bits per heavy atom. The quantitative estimate of drug-likeness (QED) is 0.388. The lowest BCUT2D eigenvalue weighted by Crippen LogP contribution is -2.39. The second-order valence-corrected chi connectivity index (χ2v) is 13.1. The third-order valence-corrected chi connectivity index (χ3v) is 9.16. The van der Waals surface area contributed by atoms with Gasteiger partial charge in [-0.2, -0.15) is 0 Å². The first-order valence-corrected chi connectivity index (χ1v) is 15.1. The lowest BCUT2D eigenvalue weighted by atomic mass is 9.77. The Bertz CT molecular complexity index is 1320. The van der Waals surface area contributed by atoms with Crippen molar-refractivity contribution in [2.75, 3.05) is 0 Å². The van der Waals surface area contributed by atoms with E-state index >= 15 is 0 Å². The van der Waals surface area contributed by atoms with Crippen LogP contribution in [0.3, 0.4) is 0 Å². The summed E-state index contributed by atoms with van der Waals surface area (Å²) in [6, 6.07) is 13.9. The summed E-state index contributed by atoms with van der Waals surface area (Å²) < 4.78 is 0. The highest BCUT2D eigenvalue weighted by atomic mass is 31.1.